The molecule has 6 heteroatoms. The Bertz CT molecular complexity index is 907. The zero-order chi connectivity index (χ0) is 17.8. The number of aromatic nitrogens is 2. The van der Waals surface area contributed by atoms with Crippen molar-refractivity contribution in [3.05, 3.63) is 70.6 Å². The largest absolute Gasteiger partial charge is 0.318 e. The van der Waals surface area contributed by atoms with Crippen LogP contribution in [0.5, 0.6) is 0 Å². The van der Waals surface area contributed by atoms with Crippen LogP contribution in [0.3, 0.4) is 0 Å². The van der Waals surface area contributed by atoms with Crippen molar-refractivity contribution in [3.8, 4) is 11.3 Å². The van der Waals surface area contributed by atoms with E-state index < -0.39 is 11.7 Å². The van der Waals surface area contributed by atoms with Gasteiger partial charge in [0.05, 0.1) is 16.9 Å². The van der Waals surface area contributed by atoms with Gasteiger partial charge in [-0.2, -0.15) is 5.10 Å². The van der Waals surface area contributed by atoms with E-state index >= 15 is 0 Å². The first-order valence-electron chi connectivity index (χ1n) is 7.99. The van der Waals surface area contributed by atoms with E-state index in [9.17, 15) is 9.18 Å². The molecule has 3 aromatic rings. The van der Waals surface area contributed by atoms with Crippen molar-refractivity contribution >= 4 is 23.2 Å². The Morgan fingerprint density at radius 2 is 2.04 bits per heavy atom. The van der Waals surface area contributed by atoms with Gasteiger partial charge in [-0.05, 0) is 30.7 Å². The smallest absolute Gasteiger partial charge is 0.258 e. The van der Waals surface area contributed by atoms with Gasteiger partial charge < -0.3 is 5.32 Å². The van der Waals surface area contributed by atoms with E-state index in [1.54, 1.807) is 24.3 Å². The van der Waals surface area contributed by atoms with Gasteiger partial charge in [-0.15, -0.1) is 0 Å². The second-order valence-corrected chi connectivity index (χ2v) is 6.06. The number of hydrogen-bond donors (Lipinski definition) is 2. The van der Waals surface area contributed by atoms with Crippen LogP contribution in [0, 0.1) is 5.82 Å². The zero-order valence-electron chi connectivity index (χ0n) is 13.6. The second-order valence-electron chi connectivity index (χ2n) is 5.62. The highest BCUT2D eigenvalue weighted by atomic mass is 35.5. The van der Waals surface area contributed by atoms with Crippen LogP contribution in [-0.4, -0.2) is 16.1 Å². The molecule has 4 nitrogen and oxygen atoms in total. The van der Waals surface area contributed by atoms with Gasteiger partial charge in [0.25, 0.3) is 5.91 Å². The van der Waals surface area contributed by atoms with E-state index in [-0.39, 0.29) is 5.56 Å². The van der Waals surface area contributed by atoms with Crippen LogP contribution in [0.25, 0.3) is 11.3 Å². The van der Waals surface area contributed by atoms with E-state index in [0.29, 0.717) is 22.8 Å². The third-order valence-corrected chi connectivity index (χ3v) is 4.03. The first kappa shape index (κ1) is 17.2. The van der Waals surface area contributed by atoms with Crippen LogP contribution in [0.1, 0.15) is 29.4 Å². The molecule has 1 heterocycles. The normalized spacial score (nSPS) is 10.7. The molecule has 0 atom stereocenters. The molecule has 0 aliphatic rings. The molecule has 2 N–H and O–H groups in total. The highest BCUT2D eigenvalue weighted by Crippen LogP contribution is 2.31. The number of nitrogens with zero attached hydrogens (tertiary/aromatic N) is 1. The maximum Gasteiger partial charge on any atom is 0.258 e. The van der Waals surface area contributed by atoms with Crippen LogP contribution in [0.4, 0.5) is 10.1 Å². The maximum absolute atomic E-state index is 13.9. The number of hydrogen-bond acceptors (Lipinski definition) is 2. The lowest BCUT2D eigenvalue weighted by Crippen LogP contribution is -2.15. The number of amides is 1. The molecule has 128 valence electrons. The fourth-order valence-corrected chi connectivity index (χ4v) is 2.80. The summed E-state index contributed by atoms with van der Waals surface area (Å²) >= 11 is 6.06. The van der Waals surface area contributed by atoms with E-state index in [1.807, 2.05) is 19.1 Å². The van der Waals surface area contributed by atoms with Gasteiger partial charge in [0.1, 0.15) is 11.5 Å². The average Bonchev–Trinajstić information content (AvgIpc) is 2.98. The zero-order valence-corrected chi connectivity index (χ0v) is 14.4. The number of carbonyl (C=O) groups is 1. The monoisotopic (exact) mass is 357 g/mol. The van der Waals surface area contributed by atoms with E-state index in [0.717, 1.165) is 17.7 Å². The van der Waals surface area contributed by atoms with Crippen LogP contribution < -0.4 is 5.32 Å². The van der Waals surface area contributed by atoms with Gasteiger partial charge in [0.15, 0.2) is 0 Å². The Labute approximate surface area is 150 Å². The molecular formula is C19H17ClFN3O. The highest BCUT2D eigenvalue weighted by molar-refractivity contribution is 6.30. The molecule has 3 rings (SSSR count). The molecular weight excluding hydrogens is 341 g/mol. The maximum atomic E-state index is 13.9. The van der Waals surface area contributed by atoms with Crippen LogP contribution >= 0.6 is 11.6 Å². The van der Waals surface area contributed by atoms with E-state index in [2.05, 4.69) is 15.5 Å². The van der Waals surface area contributed by atoms with E-state index in [1.165, 1.54) is 12.1 Å². The number of benzene rings is 2. The summed E-state index contributed by atoms with van der Waals surface area (Å²) < 4.78 is 13.9. The quantitative estimate of drug-likeness (QED) is 0.669. The Hall–Kier alpha value is -2.66. The Morgan fingerprint density at radius 3 is 2.76 bits per heavy atom. The summed E-state index contributed by atoms with van der Waals surface area (Å²) in [5.41, 5.74) is 2.69. The summed E-state index contributed by atoms with van der Waals surface area (Å²) in [7, 11) is 0. The number of halogens is 2. The molecule has 0 spiro atoms. The number of rotatable bonds is 5. The number of H-pyrrole nitrogens is 1. The first-order chi connectivity index (χ1) is 12.1. The molecule has 0 fully saturated rings. The SMILES string of the molecule is CCCc1[nH]nc(-c2cccc(Cl)c2)c1NC(=O)c1ccccc1F. The van der Waals surface area contributed by atoms with Crippen molar-refractivity contribution in [2.45, 2.75) is 19.8 Å². The Kier molecular flexibility index (Phi) is 5.14. The number of anilines is 1. The van der Waals surface area contributed by atoms with Gasteiger partial charge in [-0.25, -0.2) is 4.39 Å². The predicted molar refractivity (Wildman–Crippen MR) is 97.4 cm³/mol. The Balaban J connectivity index is 2.00. The molecule has 0 saturated heterocycles. The topological polar surface area (TPSA) is 57.8 Å². The number of aromatic amines is 1. The molecule has 0 bridgehead atoms. The highest BCUT2D eigenvalue weighted by Gasteiger charge is 2.19. The molecule has 0 radical (unpaired) electrons. The lowest BCUT2D eigenvalue weighted by atomic mass is 10.1. The summed E-state index contributed by atoms with van der Waals surface area (Å²) in [6.45, 7) is 2.03. The molecule has 2 aromatic carbocycles. The fourth-order valence-electron chi connectivity index (χ4n) is 2.61. The summed E-state index contributed by atoms with van der Waals surface area (Å²) in [4.78, 5) is 12.5. The number of nitrogens with one attached hydrogen (secondary N) is 2. The van der Waals surface area contributed by atoms with Gasteiger partial charge >= 0.3 is 0 Å². The fraction of sp³-hybridized carbons (Fsp3) is 0.158. The van der Waals surface area contributed by atoms with Crippen molar-refractivity contribution in [3.63, 3.8) is 0 Å². The Morgan fingerprint density at radius 1 is 1.24 bits per heavy atom. The molecule has 0 aliphatic heterocycles. The second kappa shape index (κ2) is 7.49. The molecule has 25 heavy (non-hydrogen) atoms. The molecule has 1 amide bonds. The lowest BCUT2D eigenvalue weighted by molar-refractivity contribution is 0.102. The van der Waals surface area contributed by atoms with Crippen LogP contribution in [0.15, 0.2) is 48.5 Å². The lowest BCUT2D eigenvalue weighted by Gasteiger charge is -2.09. The molecule has 1 aromatic heterocycles. The summed E-state index contributed by atoms with van der Waals surface area (Å²) in [5, 5.41) is 10.7. The molecule has 0 aliphatic carbocycles. The summed E-state index contributed by atoms with van der Waals surface area (Å²) in [6.07, 6.45) is 1.58. The minimum atomic E-state index is -0.565. The summed E-state index contributed by atoms with van der Waals surface area (Å²) in [5.74, 6) is -1.08. The van der Waals surface area contributed by atoms with Crippen molar-refractivity contribution in [2.75, 3.05) is 5.32 Å². The molecule has 0 unspecified atom stereocenters. The minimum absolute atomic E-state index is 0.0109. The minimum Gasteiger partial charge on any atom is -0.318 e. The van der Waals surface area contributed by atoms with Gasteiger partial charge in [0, 0.05) is 10.6 Å². The predicted octanol–water partition coefficient (Wildman–Crippen LogP) is 5.07. The van der Waals surface area contributed by atoms with Crippen LogP contribution in [-0.2, 0) is 6.42 Å². The number of carbonyl (C=O) groups excluding carboxylic acids is 1. The third-order valence-electron chi connectivity index (χ3n) is 3.80. The van der Waals surface area contributed by atoms with Crippen molar-refractivity contribution in [1.29, 1.82) is 0 Å². The average molecular weight is 358 g/mol. The van der Waals surface area contributed by atoms with Crippen molar-refractivity contribution < 1.29 is 9.18 Å². The van der Waals surface area contributed by atoms with Crippen molar-refractivity contribution in [2.24, 2.45) is 0 Å². The summed E-state index contributed by atoms with van der Waals surface area (Å²) in [6, 6.07) is 13.1. The van der Waals surface area contributed by atoms with Crippen molar-refractivity contribution in [1.82, 2.24) is 10.2 Å². The molecule has 0 saturated carbocycles. The number of aryl methyl sites for hydroxylation is 1. The van der Waals surface area contributed by atoms with Gasteiger partial charge in [0.2, 0.25) is 0 Å². The van der Waals surface area contributed by atoms with E-state index in [4.69, 9.17) is 11.6 Å². The third kappa shape index (κ3) is 3.72. The van der Waals surface area contributed by atoms with Crippen LogP contribution in [0.2, 0.25) is 5.02 Å². The van der Waals surface area contributed by atoms with Gasteiger partial charge in [-0.3, -0.25) is 9.89 Å². The standard InChI is InChI=1S/C19H17ClFN3O/c1-2-6-16-18(22-19(25)14-9-3-4-10-15(14)21)17(24-23-16)12-7-5-8-13(20)11-12/h3-5,7-11H,2,6H2,1H3,(H,22,25)(H,23,24). The first-order valence-corrected chi connectivity index (χ1v) is 8.37. The van der Waals surface area contributed by atoms with Gasteiger partial charge in [-0.1, -0.05) is 49.2 Å².